The fraction of sp³-hybridized carbons (Fsp3) is 0.130. The zero-order chi connectivity index (χ0) is 16.7. The van der Waals surface area contributed by atoms with Gasteiger partial charge in [0, 0.05) is 10.9 Å². The van der Waals surface area contributed by atoms with E-state index in [0.717, 1.165) is 28.9 Å². The van der Waals surface area contributed by atoms with E-state index in [1.807, 2.05) is 30.3 Å². The van der Waals surface area contributed by atoms with Crippen molar-refractivity contribution in [3.8, 4) is 5.75 Å². The first kappa shape index (κ1) is 14.4. The van der Waals surface area contributed by atoms with Gasteiger partial charge in [-0.2, -0.15) is 0 Å². The van der Waals surface area contributed by atoms with Crippen LogP contribution < -0.4 is 4.74 Å². The molecule has 0 bridgehead atoms. The van der Waals surface area contributed by atoms with Crippen molar-refractivity contribution in [1.82, 2.24) is 0 Å². The lowest BCUT2D eigenvalue weighted by atomic mass is 9.75. The normalized spacial score (nSPS) is 18.9. The molecule has 0 fully saturated rings. The molecule has 0 N–H and O–H groups in total. The van der Waals surface area contributed by atoms with Crippen LogP contribution in [0.2, 0.25) is 0 Å². The molecule has 4 aromatic rings. The molecular formula is C23H18O2. The number of ether oxygens (including phenoxy) is 1. The van der Waals surface area contributed by atoms with Crippen LogP contribution in [0.4, 0.5) is 0 Å². The average Bonchev–Trinajstić information content (AvgIpc) is 3.26. The van der Waals surface area contributed by atoms with Gasteiger partial charge >= 0.3 is 0 Å². The minimum Gasteiger partial charge on any atom is -0.492 e. The number of benzene rings is 3. The van der Waals surface area contributed by atoms with Crippen LogP contribution in [0.3, 0.4) is 0 Å². The number of fused-ring (bicyclic) bond motifs is 2. The second kappa shape index (κ2) is 5.52. The van der Waals surface area contributed by atoms with Crippen LogP contribution in [0, 0.1) is 0 Å². The van der Waals surface area contributed by atoms with Gasteiger partial charge in [0.25, 0.3) is 0 Å². The van der Waals surface area contributed by atoms with E-state index >= 15 is 0 Å². The van der Waals surface area contributed by atoms with Gasteiger partial charge in [-0.05, 0) is 30.2 Å². The lowest BCUT2D eigenvalue weighted by molar-refractivity contribution is 0.267. The molecule has 0 saturated heterocycles. The zero-order valence-corrected chi connectivity index (χ0v) is 13.8. The van der Waals surface area contributed by atoms with E-state index in [1.54, 1.807) is 0 Å². The summed E-state index contributed by atoms with van der Waals surface area (Å²) in [5.41, 5.74) is 3.12. The molecule has 5 rings (SSSR count). The van der Waals surface area contributed by atoms with Crippen molar-refractivity contribution in [2.45, 2.75) is 11.8 Å². The molecule has 0 amide bonds. The van der Waals surface area contributed by atoms with Crippen molar-refractivity contribution in [3.63, 3.8) is 0 Å². The summed E-state index contributed by atoms with van der Waals surface area (Å²) in [5.74, 6) is 1.93. The number of hydrogen-bond donors (Lipinski definition) is 0. The standard InChI is InChI=1S/C23H18O2/c1-2-8-17(9-3-1)15-23(16-24-21-13-7-5-11-19(21)23)22-14-18-10-4-6-12-20(18)25-22/h1-14H,15-16H2/t23-/m1/s1. The van der Waals surface area contributed by atoms with Gasteiger partial charge in [-0.15, -0.1) is 0 Å². The van der Waals surface area contributed by atoms with Gasteiger partial charge in [0.1, 0.15) is 23.7 Å². The second-order valence-corrected chi connectivity index (χ2v) is 6.68. The first-order valence-corrected chi connectivity index (χ1v) is 8.60. The summed E-state index contributed by atoms with van der Waals surface area (Å²) in [6, 6.07) is 29.2. The van der Waals surface area contributed by atoms with Crippen molar-refractivity contribution in [1.29, 1.82) is 0 Å². The van der Waals surface area contributed by atoms with Crippen LogP contribution in [-0.4, -0.2) is 6.61 Å². The molecule has 2 heterocycles. The summed E-state index contributed by atoms with van der Waals surface area (Å²) in [6.45, 7) is 0.598. The maximum absolute atomic E-state index is 6.30. The summed E-state index contributed by atoms with van der Waals surface area (Å²) in [6.07, 6.45) is 0.852. The van der Waals surface area contributed by atoms with Crippen LogP contribution >= 0.6 is 0 Å². The third-order valence-electron chi connectivity index (χ3n) is 5.12. The summed E-state index contributed by atoms with van der Waals surface area (Å²) in [7, 11) is 0. The summed E-state index contributed by atoms with van der Waals surface area (Å²) >= 11 is 0. The first-order chi connectivity index (χ1) is 12.4. The molecule has 122 valence electrons. The Bertz CT molecular complexity index is 999. The van der Waals surface area contributed by atoms with Crippen LogP contribution in [0.1, 0.15) is 16.9 Å². The van der Waals surface area contributed by atoms with Crippen molar-refractivity contribution in [3.05, 3.63) is 102 Å². The van der Waals surface area contributed by atoms with Crippen LogP contribution in [0.15, 0.2) is 89.3 Å². The van der Waals surface area contributed by atoms with Gasteiger partial charge in [0.2, 0.25) is 0 Å². The highest BCUT2D eigenvalue weighted by atomic mass is 16.5. The van der Waals surface area contributed by atoms with Gasteiger partial charge in [-0.3, -0.25) is 0 Å². The van der Waals surface area contributed by atoms with E-state index < -0.39 is 0 Å². The maximum atomic E-state index is 6.30. The van der Waals surface area contributed by atoms with E-state index in [4.69, 9.17) is 9.15 Å². The maximum Gasteiger partial charge on any atom is 0.134 e. The smallest absolute Gasteiger partial charge is 0.134 e. The molecule has 1 atom stereocenters. The molecule has 3 aromatic carbocycles. The molecule has 0 spiro atoms. The molecule has 1 aromatic heterocycles. The Morgan fingerprint density at radius 3 is 2.44 bits per heavy atom. The number of rotatable bonds is 3. The van der Waals surface area contributed by atoms with E-state index in [-0.39, 0.29) is 5.41 Å². The quantitative estimate of drug-likeness (QED) is 0.506. The van der Waals surface area contributed by atoms with E-state index in [9.17, 15) is 0 Å². The van der Waals surface area contributed by atoms with Gasteiger partial charge in [0.15, 0.2) is 0 Å². The predicted octanol–water partition coefficient (Wildman–Crippen LogP) is 5.35. The van der Waals surface area contributed by atoms with E-state index in [1.165, 1.54) is 11.1 Å². The lowest BCUT2D eigenvalue weighted by Gasteiger charge is -2.26. The number of hydrogen-bond acceptors (Lipinski definition) is 2. The van der Waals surface area contributed by atoms with Crippen molar-refractivity contribution < 1.29 is 9.15 Å². The monoisotopic (exact) mass is 326 g/mol. The second-order valence-electron chi connectivity index (χ2n) is 6.68. The third-order valence-corrected chi connectivity index (χ3v) is 5.12. The zero-order valence-electron chi connectivity index (χ0n) is 13.8. The Morgan fingerprint density at radius 2 is 1.56 bits per heavy atom. The molecule has 0 unspecified atom stereocenters. The highest BCUT2D eigenvalue weighted by Gasteiger charge is 2.45. The molecule has 2 nitrogen and oxygen atoms in total. The summed E-state index contributed by atoms with van der Waals surface area (Å²) < 4.78 is 12.4. The largest absolute Gasteiger partial charge is 0.492 e. The molecule has 2 heteroatoms. The lowest BCUT2D eigenvalue weighted by Crippen LogP contribution is -2.31. The van der Waals surface area contributed by atoms with Crippen LogP contribution in [0.25, 0.3) is 11.0 Å². The third kappa shape index (κ3) is 2.25. The minimum absolute atomic E-state index is 0.295. The SMILES string of the molecule is c1ccc(C[C@@]2(c3cc4ccccc4o3)COc3ccccc32)cc1. The van der Waals surface area contributed by atoms with Crippen molar-refractivity contribution in [2.75, 3.05) is 6.61 Å². The van der Waals surface area contributed by atoms with Crippen molar-refractivity contribution in [2.24, 2.45) is 0 Å². The Morgan fingerprint density at radius 1 is 0.800 bits per heavy atom. The number of furan rings is 1. The summed E-state index contributed by atoms with van der Waals surface area (Å²) in [5, 5.41) is 1.13. The van der Waals surface area contributed by atoms with E-state index in [0.29, 0.717) is 6.61 Å². The fourth-order valence-electron chi connectivity index (χ4n) is 3.87. The fourth-order valence-corrected chi connectivity index (χ4v) is 3.87. The van der Waals surface area contributed by atoms with Gasteiger partial charge in [-0.25, -0.2) is 0 Å². The Hall–Kier alpha value is -3.00. The topological polar surface area (TPSA) is 22.4 Å². The minimum atomic E-state index is -0.295. The Kier molecular flexibility index (Phi) is 3.17. The molecule has 1 aliphatic heterocycles. The molecular weight excluding hydrogens is 308 g/mol. The van der Waals surface area contributed by atoms with E-state index in [2.05, 4.69) is 54.6 Å². The molecule has 1 aliphatic rings. The summed E-state index contributed by atoms with van der Waals surface area (Å²) in [4.78, 5) is 0. The average molecular weight is 326 g/mol. The molecule has 0 radical (unpaired) electrons. The number of para-hydroxylation sites is 2. The highest BCUT2D eigenvalue weighted by molar-refractivity contribution is 5.78. The van der Waals surface area contributed by atoms with Gasteiger partial charge in [0.05, 0.1) is 5.41 Å². The Balaban J connectivity index is 1.72. The van der Waals surface area contributed by atoms with Gasteiger partial charge in [-0.1, -0.05) is 66.7 Å². The van der Waals surface area contributed by atoms with Crippen LogP contribution in [-0.2, 0) is 11.8 Å². The Labute approximate surface area is 146 Å². The molecule has 25 heavy (non-hydrogen) atoms. The predicted molar refractivity (Wildman–Crippen MR) is 99.1 cm³/mol. The molecule has 0 aliphatic carbocycles. The van der Waals surface area contributed by atoms with Crippen LogP contribution in [0.5, 0.6) is 5.75 Å². The molecule has 0 saturated carbocycles. The van der Waals surface area contributed by atoms with Gasteiger partial charge < -0.3 is 9.15 Å². The highest BCUT2D eigenvalue weighted by Crippen LogP contribution is 2.46. The van der Waals surface area contributed by atoms with Crippen molar-refractivity contribution >= 4 is 11.0 Å². The first-order valence-electron chi connectivity index (χ1n) is 8.60.